The molecule has 1 aliphatic carbocycles. The van der Waals surface area contributed by atoms with Crippen LogP contribution >= 0.6 is 34.7 Å². The van der Waals surface area contributed by atoms with Gasteiger partial charge >= 0.3 is 0 Å². The molecule has 206 valence electrons. The average molecular weight is 588 g/mol. The molecule has 2 aromatic heterocycles. The Hall–Kier alpha value is -2.60. The van der Waals surface area contributed by atoms with Crippen LogP contribution in [0.1, 0.15) is 50.2 Å². The Balaban J connectivity index is 1.30. The summed E-state index contributed by atoms with van der Waals surface area (Å²) in [6, 6.07) is 3.56. The van der Waals surface area contributed by atoms with E-state index >= 15 is 0 Å². The van der Waals surface area contributed by atoms with E-state index in [1.165, 1.54) is 47.1 Å². The number of rotatable bonds is 6. The largest absolute Gasteiger partial charge is 0.360 e. The number of nitrogens with two attached hydrogens (primary N) is 1. The minimum absolute atomic E-state index is 0.0572. The Labute approximate surface area is 239 Å². The van der Waals surface area contributed by atoms with Gasteiger partial charge in [0.05, 0.1) is 46.2 Å². The van der Waals surface area contributed by atoms with E-state index in [4.69, 9.17) is 17.3 Å². The van der Waals surface area contributed by atoms with E-state index in [0.717, 1.165) is 38.2 Å². The van der Waals surface area contributed by atoms with Crippen LogP contribution in [-0.2, 0) is 13.0 Å². The van der Waals surface area contributed by atoms with Gasteiger partial charge in [0.1, 0.15) is 16.5 Å². The number of fused-ring (bicyclic) bond motifs is 2. The molecule has 2 aliphatic rings. The summed E-state index contributed by atoms with van der Waals surface area (Å²) in [4.78, 5) is 34.8. The minimum Gasteiger partial charge on any atom is -0.360 e. The molecule has 2 N–H and O–H groups in total. The van der Waals surface area contributed by atoms with Crippen molar-refractivity contribution in [1.29, 1.82) is 0 Å². The highest BCUT2D eigenvalue weighted by molar-refractivity contribution is 8.03. The highest BCUT2D eigenvalue weighted by Gasteiger charge is 2.47. The average Bonchev–Trinajstić information content (AvgIpc) is 3.45. The van der Waals surface area contributed by atoms with Crippen LogP contribution in [-0.4, -0.2) is 50.7 Å². The van der Waals surface area contributed by atoms with E-state index in [-0.39, 0.29) is 34.0 Å². The van der Waals surface area contributed by atoms with Crippen molar-refractivity contribution in [1.82, 2.24) is 19.4 Å². The van der Waals surface area contributed by atoms with E-state index < -0.39 is 5.67 Å². The molecule has 0 unspecified atom stereocenters. The minimum atomic E-state index is -1.57. The standard InChI is InChI=1S/C27H31ClFN7OS2/c1-16(35-9-7-27(8-10-35)11-18-23(24(27)30)38-15-34-18)32-12-20(31-4)39-19-6-5-17-21(22(19)28)25(37)36(14-33-17)13-26(2,3)29/h5-6,12,14-15,24H,4,7-11,13,30H2,1-3H3/b20-12+,32-16+/t24-/m1/s1. The fourth-order valence-corrected chi connectivity index (χ4v) is 7.40. The molecule has 1 atom stereocenters. The summed E-state index contributed by atoms with van der Waals surface area (Å²) < 4.78 is 15.4. The lowest BCUT2D eigenvalue weighted by Gasteiger charge is -2.42. The molecule has 12 heteroatoms. The number of piperidine rings is 1. The topological polar surface area (TPSA) is 102 Å². The van der Waals surface area contributed by atoms with Crippen molar-refractivity contribution >= 4 is 58.2 Å². The van der Waals surface area contributed by atoms with Crippen molar-refractivity contribution in [3.63, 3.8) is 0 Å². The molecule has 0 saturated carbocycles. The molecule has 1 aliphatic heterocycles. The molecule has 39 heavy (non-hydrogen) atoms. The molecule has 3 aromatic rings. The number of thioether (sulfide) groups is 1. The number of benzene rings is 1. The van der Waals surface area contributed by atoms with Crippen LogP contribution in [0.5, 0.6) is 0 Å². The highest BCUT2D eigenvalue weighted by Crippen LogP contribution is 2.51. The van der Waals surface area contributed by atoms with Crippen molar-refractivity contribution in [2.24, 2.45) is 21.1 Å². The number of thiazole rings is 1. The Kier molecular flexibility index (Phi) is 7.71. The Morgan fingerprint density at radius 1 is 1.38 bits per heavy atom. The van der Waals surface area contributed by atoms with Crippen LogP contribution in [0.15, 0.2) is 54.9 Å². The number of likely N-dealkylation sites (tertiary alicyclic amines) is 1. The zero-order valence-corrected chi connectivity index (χ0v) is 24.5. The molecule has 0 radical (unpaired) electrons. The van der Waals surface area contributed by atoms with Gasteiger partial charge < -0.3 is 10.6 Å². The number of hydrogen-bond donors (Lipinski definition) is 1. The first-order valence-corrected chi connectivity index (χ1v) is 14.8. The predicted octanol–water partition coefficient (Wildman–Crippen LogP) is 5.60. The predicted molar refractivity (Wildman–Crippen MR) is 159 cm³/mol. The van der Waals surface area contributed by atoms with E-state index in [1.807, 2.05) is 12.4 Å². The molecule has 0 amide bonds. The van der Waals surface area contributed by atoms with Gasteiger partial charge in [0.25, 0.3) is 5.56 Å². The van der Waals surface area contributed by atoms with Gasteiger partial charge in [-0.05, 0) is 64.3 Å². The molecule has 1 spiro atoms. The third-order valence-electron chi connectivity index (χ3n) is 7.53. The lowest BCUT2D eigenvalue weighted by atomic mass is 9.74. The number of nitrogens with zero attached hydrogens (tertiary/aromatic N) is 6. The van der Waals surface area contributed by atoms with E-state index in [1.54, 1.807) is 29.7 Å². The number of aromatic nitrogens is 3. The number of halogens is 2. The van der Waals surface area contributed by atoms with Gasteiger partial charge in [0.2, 0.25) is 0 Å². The molecule has 1 aromatic carbocycles. The fourth-order valence-electron chi connectivity index (χ4n) is 5.37. The second kappa shape index (κ2) is 10.8. The van der Waals surface area contributed by atoms with Crippen LogP contribution in [0, 0.1) is 5.41 Å². The van der Waals surface area contributed by atoms with E-state index in [9.17, 15) is 9.18 Å². The van der Waals surface area contributed by atoms with Crippen LogP contribution in [0.25, 0.3) is 10.9 Å². The molecular weight excluding hydrogens is 557 g/mol. The lowest BCUT2D eigenvalue weighted by Crippen LogP contribution is -2.45. The molecule has 1 fully saturated rings. The zero-order valence-electron chi connectivity index (χ0n) is 22.2. The molecule has 5 rings (SSSR count). The van der Waals surface area contributed by atoms with Crippen molar-refractivity contribution in [3.8, 4) is 0 Å². The smallest absolute Gasteiger partial charge is 0.262 e. The van der Waals surface area contributed by atoms with Gasteiger partial charge in [0, 0.05) is 28.9 Å². The maximum atomic E-state index is 14.2. The van der Waals surface area contributed by atoms with Gasteiger partial charge in [-0.3, -0.25) is 14.4 Å². The van der Waals surface area contributed by atoms with Crippen LogP contribution in [0.4, 0.5) is 4.39 Å². The van der Waals surface area contributed by atoms with Gasteiger partial charge in [-0.25, -0.2) is 19.4 Å². The first kappa shape index (κ1) is 27.9. The molecular formula is C27H31ClFN7OS2. The Morgan fingerprint density at radius 2 is 2.13 bits per heavy atom. The fraction of sp³-hybridized carbons (Fsp3) is 0.444. The number of hydrogen-bond acceptors (Lipinski definition) is 8. The van der Waals surface area contributed by atoms with Gasteiger partial charge in [-0.15, -0.1) is 11.3 Å². The Morgan fingerprint density at radius 3 is 2.79 bits per heavy atom. The van der Waals surface area contributed by atoms with E-state index in [0.29, 0.717) is 15.4 Å². The molecule has 0 bridgehead atoms. The summed E-state index contributed by atoms with van der Waals surface area (Å²) in [6.07, 6.45) is 5.95. The van der Waals surface area contributed by atoms with Gasteiger partial charge in [0.15, 0.2) is 0 Å². The van der Waals surface area contributed by atoms with Gasteiger partial charge in [-0.2, -0.15) is 0 Å². The molecule has 3 heterocycles. The first-order chi connectivity index (χ1) is 18.5. The van der Waals surface area contributed by atoms with Crippen LogP contribution < -0.4 is 11.3 Å². The third-order valence-corrected chi connectivity index (χ3v) is 9.99. The second-order valence-corrected chi connectivity index (χ2v) is 13.1. The quantitative estimate of drug-likeness (QED) is 0.229. The SMILES string of the molecule is C=N/C(=C\N=C(/C)N1CCC2(CC1)Cc1ncsc1[C@H]2N)Sc1ccc2ncn(CC(C)(C)F)c(=O)c2c1Cl. The van der Waals surface area contributed by atoms with E-state index in [2.05, 4.69) is 31.6 Å². The summed E-state index contributed by atoms with van der Waals surface area (Å²) in [5.41, 5.74) is 8.28. The monoisotopic (exact) mass is 587 g/mol. The summed E-state index contributed by atoms with van der Waals surface area (Å²) in [5.74, 6) is 0.886. The van der Waals surface area contributed by atoms with Crippen LogP contribution in [0.2, 0.25) is 5.02 Å². The summed E-state index contributed by atoms with van der Waals surface area (Å²) in [7, 11) is 0. The second-order valence-electron chi connectivity index (χ2n) is 10.7. The normalized spacial score (nSPS) is 19.6. The van der Waals surface area contributed by atoms with Crippen molar-refractivity contribution in [2.45, 2.75) is 63.2 Å². The highest BCUT2D eigenvalue weighted by atomic mass is 35.5. The first-order valence-electron chi connectivity index (χ1n) is 12.7. The van der Waals surface area contributed by atoms with Crippen molar-refractivity contribution in [2.75, 3.05) is 13.1 Å². The molecule has 8 nitrogen and oxygen atoms in total. The maximum absolute atomic E-state index is 14.2. The number of alkyl halides is 1. The summed E-state index contributed by atoms with van der Waals surface area (Å²) >= 11 is 9.58. The zero-order chi connectivity index (χ0) is 27.9. The number of amidine groups is 1. The van der Waals surface area contributed by atoms with Crippen LogP contribution in [0.3, 0.4) is 0 Å². The molecule has 1 saturated heterocycles. The summed E-state index contributed by atoms with van der Waals surface area (Å²) in [5, 5.41) is 1.02. The summed E-state index contributed by atoms with van der Waals surface area (Å²) in [6.45, 7) is 10.1. The Bertz CT molecular complexity index is 1530. The lowest BCUT2D eigenvalue weighted by molar-refractivity contribution is 0.127. The maximum Gasteiger partial charge on any atom is 0.262 e. The van der Waals surface area contributed by atoms with Crippen molar-refractivity contribution in [3.05, 3.63) is 61.1 Å². The van der Waals surface area contributed by atoms with Gasteiger partial charge in [-0.1, -0.05) is 23.4 Å². The number of aliphatic imine (C=N–C) groups is 2. The van der Waals surface area contributed by atoms with Crippen molar-refractivity contribution < 1.29 is 4.39 Å². The third kappa shape index (κ3) is 5.54.